The summed E-state index contributed by atoms with van der Waals surface area (Å²) in [5.41, 5.74) is 3.56. The lowest BCUT2D eigenvalue weighted by Gasteiger charge is -2.50. The smallest absolute Gasteiger partial charge is 0.408 e. The highest BCUT2D eigenvalue weighted by atomic mass is 79.9. The average molecular weight is 734 g/mol. The molecule has 250 valence electrons. The van der Waals surface area contributed by atoms with Crippen molar-refractivity contribution in [3.63, 3.8) is 0 Å². The van der Waals surface area contributed by atoms with Crippen LogP contribution in [0.5, 0.6) is 0 Å². The molecular weight excluding hydrogens is 696 g/mol. The molecule has 2 fully saturated rings. The number of pyridine rings is 1. The first kappa shape index (κ1) is 34.9. The Morgan fingerprint density at radius 3 is 2.19 bits per heavy atom. The van der Waals surface area contributed by atoms with Crippen LogP contribution in [0, 0.1) is 0 Å². The molecule has 2 atom stereocenters. The zero-order chi connectivity index (χ0) is 33.1. The van der Waals surface area contributed by atoms with Gasteiger partial charge in [0.05, 0.1) is 0 Å². The van der Waals surface area contributed by atoms with Crippen LogP contribution in [0.1, 0.15) is 50.0 Å². The third-order valence-electron chi connectivity index (χ3n) is 8.06. The summed E-state index contributed by atoms with van der Waals surface area (Å²) in [6.07, 6.45) is 2.71. The normalized spacial score (nSPS) is 19.9. The molecule has 2 N–H and O–H groups in total. The van der Waals surface area contributed by atoms with E-state index in [-0.39, 0.29) is 28.6 Å². The molecule has 3 amide bonds. The molecule has 0 unspecified atom stereocenters. The standard InChI is InChI=1S/C36H36N4O6S.BrH/c1-36(2,3)46-35(44)39-28-32(42)40-29(34(43)45-30(23-10-6-4-7-11-23)24-12-8-5-9-13-24)27(21-47-33(28)40)26(25-16-19-38-31(25)41)20-22-14-17-37-18-15-22;/h4-15,17-18,28,30,33H,16,19-21H2,1-3H3,(H,38,41)(H,39,44);1H/t28-,33-;/m1./s1. The van der Waals surface area contributed by atoms with Crippen LogP contribution in [0.3, 0.4) is 0 Å². The van der Waals surface area contributed by atoms with E-state index in [1.165, 1.54) is 16.7 Å². The van der Waals surface area contributed by atoms with Crippen LogP contribution in [0.2, 0.25) is 0 Å². The van der Waals surface area contributed by atoms with Gasteiger partial charge >= 0.3 is 12.1 Å². The third kappa shape index (κ3) is 7.50. The number of fused-ring (bicyclic) bond motifs is 1. The van der Waals surface area contributed by atoms with Crippen LogP contribution in [0.25, 0.3) is 0 Å². The van der Waals surface area contributed by atoms with Gasteiger partial charge in [-0.1, -0.05) is 60.7 Å². The number of halogens is 1. The van der Waals surface area contributed by atoms with Crippen LogP contribution >= 0.6 is 28.7 Å². The monoisotopic (exact) mass is 732 g/mol. The van der Waals surface area contributed by atoms with Gasteiger partial charge in [-0.05, 0) is 73.6 Å². The number of hydrogen-bond acceptors (Lipinski definition) is 8. The van der Waals surface area contributed by atoms with Gasteiger partial charge in [-0.2, -0.15) is 0 Å². The van der Waals surface area contributed by atoms with Crippen molar-refractivity contribution in [2.24, 2.45) is 0 Å². The Bertz CT molecular complexity index is 1700. The highest BCUT2D eigenvalue weighted by Gasteiger charge is 2.55. The number of amides is 3. The predicted octanol–water partition coefficient (Wildman–Crippen LogP) is 5.41. The molecule has 1 aromatic heterocycles. The molecular formula is C36H37BrN4O6S. The summed E-state index contributed by atoms with van der Waals surface area (Å²) in [7, 11) is 0. The van der Waals surface area contributed by atoms with Crippen molar-refractivity contribution in [2.75, 3.05) is 12.3 Å². The first-order valence-corrected chi connectivity index (χ1v) is 16.5. The second kappa shape index (κ2) is 14.8. The number of carbonyl (C=O) groups excluding carboxylic acids is 4. The van der Waals surface area contributed by atoms with Gasteiger partial charge in [0.2, 0.25) is 5.91 Å². The number of β-lactam (4-membered cyclic amide) rings is 1. The maximum Gasteiger partial charge on any atom is 0.408 e. The van der Waals surface area contributed by atoms with Crippen molar-refractivity contribution in [1.82, 2.24) is 20.5 Å². The van der Waals surface area contributed by atoms with Crippen LogP contribution in [0.4, 0.5) is 4.79 Å². The number of benzene rings is 2. The third-order valence-corrected chi connectivity index (χ3v) is 9.34. The number of ether oxygens (including phenoxy) is 2. The number of esters is 1. The molecule has 10 nitrogen and oxygen atoms in total. The van der Waals surface area contributed by atoms with Gasteiger partial charge < -0.3 is 20.1 Å². The summed E-state index contributed by atoms with van der Waals surface area (Å²) in [6, 6.07) is 21.6. The Labute approximate surface area is 294 Å². The summed E-state index contributed by atoms with van der Waals surface area (Å²) in [6.45, 7) is 5.71. The second-order valence-electron chi connectivity index (χ2n) is 12.5. The maximum absolute atomic E-state index is 14.5. The second-order valence-corrected chi connectivity index (χ2v) is 13.6. The zero-order valence-electron chi connectivity index (χ0n) is 26.8. The molecule has 3 aliphatic rings. The number of rotatable bonds is 8. The molecule has 0 bridgehead atoms. The molecule has 48 heavy (non-hydrogen) atoms. The van der Waals surface area contributed by atoms with Crippen LogP contribution < -0.4 is 10.6 Å². The lowest BCUT2D eigenvalue weighted by molar-refractivity contribution is -0.153. The molecule has 2 aromatic carbocycles. The van der Waals surface area contributed by atoms with Crippen LogP contribution in [0.15, 0.2) is 108 Å². The average Bonchev–Trinajstić information content (AvgIpc) is 3.50. The lowest BCUT2D eigenvalue weighted by Crippen LogP contribution is -2.70. The Kier molecular flexibility index (Phi) is 10.7. The molecule has 3 aliphatic heterocycles. The van der Waals surface area contributed by atoms with E-state index in [0.717, 1.165) is 16.7 Å². The Morgan fingerprint density at radius 1 is 1.00 bits per heavy atom. The van der Waals surface area contributed by atoms with Crippen molar-refractivity contribution < 1.29 is 28.7 Å². The van der Waals surface area contributed by atoms with E-state index in [1.807, 2.05) is 72.8 Å². The van der Waals surface area contributed by atoms with Gasteiger partial charge in [-0.25, -0.2) is 9.59 Å². The van der Waals surface area contributed by atoms with Gasteiger partial charge in [-0.15, -0.1) is 28.7 Å². The fourth-order valence-electron chi connectivity index (χ4n) is 5.93. The van der Waals surface area contributed by atoms with Crippen LogP contribution in [-0.4, -0.2) is 63.1 Å². The van der Waals surface area contributed by atoms with Gasteiger partial charge in [0.25, 0.3) is 5.91 Å². The summed E-state index contributed by atoms with van der Waals surface area (Å²) in [4.78, 5) is 59.7. The summed E-state index contributed by atoms with van der Waals surface area (Å²) < 4.78 is 11.7. The number of carbonyl (C=O) groups is 4. The summed E-state index contributed by atoms with van der Waals surface area (Å²) in [5, 5.41) is 5.00. The lowest BCUT2D eigenvalue weighted by atomic mass is 9.90. The predicted molar refractivity (Wildman–Crippen MR) is 187 cm³/mol. The van der Waals surface area contributed by atoms with Crippen molar-refractivity contribution in [1.29, 1.82) is 0 Å². The maximum atomic E-state index is 14.5. The topological polar surface area (TPSA) is 127 Å². The quantitative estimate of drug-likeness (QED) is 0.179. The van der Waals surface area contributed by atoms with Gasteiger partial charge in [-0.3, -0.25) is 19.5 Å². The van der Waals surface area contributed by atoms with E-state index in [2.05, 4.69) is 15.6 Å². The Balaban J connectivity index is 0.00000451. The Morgan fingerprint density at radius 2 is 1.62 bits per heavy atom. The SMILES string of the molecule is Br.CC(C)(C)OC(=O)N[C@@H]1C(=O)N2C(C(=O)OC(c3ccccc3)c3ccccc3)=C(C(Cc3ccncc3)=C3CCNC3=O)CS[C@H]12. The highest BCUT2D eigenvalue weighted by Crippen LogP contribution is 2.45. The van der Waals surface area contributed by atoms with E-state index >= 15 is 0 Å². The number of allylic oxidation sites excluding steroid dienone is 1. The number of alkyl carbamates (subject to hydrolysis) is 1. The first-order valence-electron chi connectivity index (χ1n) is 15.5. The number of nitrogens with zero attached hydrogens (tertiary/aromatic N) is 2. The van der Waals surface area contributed by atoms with Gasteiger partial charge in [0.15, 0.2) is 6.10 Å². The highest BCUT2D eigenvalue weighted by molar-refractivity contribution is 8.93. The van der Waals surface area contributed by atoms with E-state index in [9.17, 15) is 19.2 Å². The molecule has 0 aliphatic carbocycles. The van der Waals surface area contributed by atoms with E-state index in [0.29, 0.717) is 41.9 Å². The number of hydrogen-bond donors (Lipinski definition) is 2. The van der Waals surface area contributed by atoms with Crippen molar-refractivity contribution in [3.05, 3.63) is 124 Å². The molecule has 6 rings (SSSR count). The summed E-state index contributed by atoms with van der Waals surface area (Å²) in [5.74, 6) is -1.05. The van der Waals surface area contributed by atoms with Crippen molar-refractivity contribution in [2.45, 2.75) is 56.7 Å². The molecule has 12 heteroatoms. The Hall–Kier alpha value is -4.42. The van der Waals surface area contributed by atoms with Gasteiger partial charge in [0.1, 0.15) is 22.7 Å². The fraction of sp³-hybridized carbons (Fsp3) is 0.306. The van der Waals surface area contributed by atoms with E-state index in [4.69, 9.17) is 9.47 Å². The molecule has 0 spiro atoms. The molecule has 0 saturated carbocycles. The molecule has 4 heterocycles. The van der Waals surface area contributed by atoms with Crippen LogP contribution in [-0.2, 0) is 30.3 Å². The molecule has 2 saturated heterocycles. The molecule has 0 radical (unpaired) electrons. The fourth-order valence-corrected chi connectivity index (χ4v) is 7.31. The largest absolute Gasteiger partial charge is 0.448 e. The van der Waals surface area contributed by atoms with Gasteiger partial charge in [0, 0.05) is 30.3 Å². The first-order chi connectivity index (χ1) is 22.6. The van der Waals surface area contributed by atoms with Crippen molar-refractivity contribution >= 4 is 52.6 Å². The minimum atomic E-state index is -0.899. The van der Waals surface area contributed by atoms with E-state index < -0.39 is 41.1 Å². The van der Waals surface area contributed by atoms with E-state index in [1.54, 1.807) is 33.2 Å². The van der Waals surface area contributed by atoms with Crippen molar-refractivity contribution in [3.8, 4) is 0 Å². The minimum absolute atomic E-state index is 0. The zero-order valence-corrected chi connectivity index (χ0v) is 29.3. The molecule has 3 aromatic rings. The summed E-state index contributed by atoms with van der Waals surface area (Å²) >= 11 is 1.42. The minimum Gasteiger partial charge on any atom is -0.448 e. The number of thioether (sulfide) groups is 1. The number of nitrogens with one attached hydrogen (secondary N) is 2. The number of aromatic nitrogens is 1.